The Balaban J connectivity index is 0.000000252. The highest BCUT2D eigenvalue weighted by Gasteiger charge is 2.33. The first kappa shape index (κ1) is 67.4. The zero-order valence-corrected chi connectivity index (χ0v) is 47.3. The summed E-state index contributed by atoms with van der Waals surface area (Å²) >= 11 is 0. The third-order valence-electron chi connectivity index (χ3n) is 13.0. The van der Waals surface area contributed by atoms with Gasteiger partial charge in [0.15, 0.2) is 0 Å². The van der Waals surface area contributed by atoms with Crippen molar-refractivity contribution >= 4 is 53.7 Å². The molecule has 84 heavy (non-hydrogen) atoms. The van der Waals surface area contributed by atoms with Gasteiger partial charge < -0.3 is 49.2 Å². The van der Waals surface area contributed by atoms with Crippen LogP contribution >= 0.6 is 24.8 Å². The molecule has 0 aliphatic carbocycles. The smallest absolute Gasteiger partial charge is 0.406 e. The number of nitrogens with one attached hydrogen (secondary N) is 2. The quantitative estimate of drug-likeness (QED) is 0.0595. The number of rotatable bonds is 17. The molecule has 454 valence electrons. The number of carbonyl (C=O) groups is 2. The van der Waals surface area contributed by atoms with Crippen molar-refractivity contribution in [3.8, 4) is 39.8 Å². The number of ether oxygens (including phenoxy) is 5. The van der Waals surface area contributed by atoms with Gasteiger partial charge in [0.2, 0.25) is 0 Å². The number of hydrogen-bond donors (Lipinski definition) is 3. The average Bonchev–Trinajstić information content (AvgIpc) is 4.20. The molecule has 2 amide bonds. The lowest BCUT2D eigenvalue weighted by molar-refractivity contribution is -0.275. The standard InChI is InChI=1S/2C26H28F3N3O3.C7H6F3NO.2ClH/c2*1-19-23(25(33)30-21-9-5-10-22(17-21)35-26(27,28)29)18-24(20-7-3-2-4-8-20)32(19)12-6-11-31-13-15-34-16-14-31;8-7(9,10)12-6-3-1-2-5(11)4-6;;/h2*2-5,7-10,17-18H,6,11-16H2,1H3,(H,30,33);1-4H,11H2;2*1H. The molecule has 9 rings (SSSR count). The Bertz CT molecular complexity index is 2990. The molecule has 0 saturated carbocycles. The van der Waals surface area contributed by atoms with E-state index in [-0.39, 0.29) is 47.6 Å². The molecule has 2 aliphatic rings. The van der Waals surface area contributed by atoms with Crippen molar-refractivity contribution in [2.75, 3.05) is 82.1 Å². The lowest BCUT2D eigenvalue weighted by Gasteiger charge is -2.26. The molecule has 5 aromatic carbocycles. The second kappa shape index (κ2) is 31.5. The van der Waals surface area contributed by atoms with Gasteiger partial charge in [-0.05, 0) is 86.3 Å². The molecule has 2 saturated heterocycles. The first-order valence-electron chi connectivity index (χ1n) is 26.1. The van der Waals surface area contributed by atoms with Crippen molar-refractivity contribution in [1.29, 1.82) is 0 Å². The van der Waals surface area contributed by atoms with Crippen molar-refractivity contribution in [3.63, 3.8) is 0 Å². The molecule has 2 aliphatic heterocycles. The van der Waals surface area contributed by atoms with Gasteiger partial charge in [-0.2, -0.15) is 0 Å². The number of amides is 2. The highest BCUT2D eigenvalue weighted by atomic mass is 35.5. The van der Waals surface area contributed by atoms with Crippen LogP contribution in [-0.4, -0.2) is 116 Å². The van der Waals surface area contributed by atoms with Crippen LogP contribution in [0.2, 0.25) is 0 Å². The predicted octanol–water partition coefficient (Wildman–Crippen LogP) is 13.7. The molecule has 4 heterocycles. The number of halogens is 11. The van der Waals surface area contributed by atoms with Crippen LogP contribution in [0.15, 0.2) is 146 Å². The highest BCUT2D eigenvalue weighted by molar-refractivity contribution is 6.07. The number of hydrogen-bond acceptors (Lipinski definition) is 10. The number of morpholine rings is 2. The largest absolute Gasteiger partial charge is 0.573 e. The fourth-order valence-electron chi connectivity index (χ4n) is 9.23. The number of anilines is 3. The van der Waals surface area contributed by atoms with Gasteiger partial charge in [0.25, 0.3) is 11.8 Å². The van der Waals surface area contributed by atoms with E-state index in [0.717, 1.165) is 144 Å². The summed E-state index contributed by atoms with van der Waals surface area (Å²) in [6.07, 6.45) is -12.4. The molecular weight excluding hydrogens is 1160 g/mol. The summed E-state index contributed by atoms with van der Waals surface area (Å²) in [4.78, 5) is 31.0. The van der Waals surface area contributed by atoms with Gasteiger partial charge in [-0.1, -0.05) is 78.9 Å². The van der Waals surface area contributed by atoms with Gasteiger partial charge >= 0.3 is 19.1 Å². The third-order valence-corrected chi connectivity index (χ3v) is 13.0. The molecule has 0 radical (unpaired) electrons. The molecule has 4 N–H and O–H groups in total. The summed E-state index contributed by atoms with van der Waals surface area (Å²) in [6.45, 7) is 13.8. The Morgan fingerprint density at radius 1 is 0.476 bits per heavy atom. The van der Waals surface area contributed by atoms with Gasteiger partial charge in [0.1, 0.15) is 17.2 Å². The fraction of sp³-hybridized carbons (Fsp3) is 0.322. The van der Waals surface area contributed by atoms with Crippen molar-refractivity contribution < 1.29 is 72.8 Å². The predicted molar refractivity (Wildman–Crippen MR) is 307 cm³/mol. The summed E-state index contributed by atoms with van der Waals surface area (Å²) in [6, 6.07) is 39.0. The SMILES string of the molecule is Cc1c(C(=O)Nc2cccc(OC(F)(F)F)c2)cc(-c2ccccc2)n1CCCN1CCOCC1.Cc1c(C(=O)Nc2cccc(OC(F)(F)F)c2)cc(-c2ccccc2)n1CCCN1CCOCC1.Cl.Cl.Nc1cccc(OC(F)(F)F)c1. The van der Waals surface area contributed by atoms with Crippen molar-refractivity contribution in [2.45, 2.75) is 58.9 Å². The lowest BCUT2D eigenvalue weighted by Crippen LogP contribution is -2.37. The monoisotopic (exact) mass is 1220 g/mol. The fourth-order valence-corrected chi connectivity index (χ4v) is 9.23. The molecule has 7 aromatic rings. The number of nitrogens with two attached hydrogens (primary N) is 1. The summed E-state index contributed by atoms with van der Waals surface area (Å²) in [5.74, 6) is -1.87. The first-order valence-corrected chi connectivity index (χ1v) is 26.1. The summed E-state index contributed by atoms with van der Waals surface area (Å²) < 4.78 is 137. The Morgan fingerprint density at radius 3 is 1.17 bits per heavy atom. The van der Waals surface area contributed by atoms with E-state index in [9.17, 15) is 49.1 Å². The van der Waals surface area contributed by atoms with Crippen LogP contribution in [0.1, 0.15) is 44.9 Å². The van der Waals surface area contributed by atoms with E-state index in [1.165, 1.54) is 54.6 Å². The number of nitrogen functional groups attached to an aromatic ring is 1. The van der Waals surface area contributed by atoms with E-state index in [4.69, 9.17) is 15.2 Å². The van der Waals surface area contributed by atoms with E-state index in [1.807, 2.05) is 86.6 Å². The van der Waals surface area contributed by atoms with Gasteiger partial charge in [0, 0.05) is 110 Å². The second-order valence-electron chi connectivity index (χ2n) is 18.9. The maximum Gasteiger partial charge on any atom is 0.573 e. The van der Waals surface area contributed by atoms with Crippen LogP contribution in [0.4, 0.5) is 56.6 Å². The number of nitrogens with zero attached hydrogens (tertiary/aromatic N) is 4. The van der Waals surface area contributed by atoms with E-state index < -0.39 is 42.4 Å². The molecular formula is C59H64Cl2F9N7O7. The highest BCUT2D eigenvalue weighted by Crippen LogP contribution is 2.32. The van der Waals surface area contributed by atoms with Crippen LogP contribution in [0.25, 0.3) is 22.5 Å². The number of carbonyl (C=O) groups excluding carboxylic acids is 2. The topological polar surface area (TPSA) is 147 Å². The third kappa shape index (κ3) is 21.3. The van der Waals surface area contributed by atoms with Crippen LogP contribution in [0, 0.1) is 13.8 Å². The Labute approximate surface area is 492 Å². The normalized spacial score (nSPS) is 13.8. The van der Waals surface area contributed by atoms with Crippen molar-refractivity contribution in [2.24, 2.45) is 0 Å². The summed E-state index contributed by atoms with van der Waals surface area (Å²) in [7, 11) is 0. The van der Waals surface area contributed by atoms with Crippen LogP contribution in [-0.2, 0) is 22.6 Å². The Morgan fingerprint density at radius 2 is 0.821 bits per heavy atom. The Hall–Kier alpha value is -7.41. The van der Waals surface area contributed by atoms with Gasteiger partial charge in [0.05, 0.1) is 37.6 Å². The molecule has 0 unspecified atom stereocenters. The summed E-state index contributed by atoms with van der Waals surface area (Å²) in [5.41, 5.74) is 12.3. The average molecular weight is 1230 g/mol. The minimum Gasteiger partial charge on any atom is -0.406 e. The van der Waals surface area contributed by atoms with Gasteiger partial charge in [-0.3, -0.25) is 19.4 Å². The van der Waals surface area contributed by atoms with Crippen LogP contribution in [0.3, 0.4) is 0 Å². The molecule has 14 nitrogen and oxygen atoms in total. The molecule has 0 atom stereocenters. The molecule has 0 bridgehead atoms. The second-order valence-corrected chi connectivity index (χ2v) is 18.9. The zero-order valence-electron chi connectivity index (χ0n) is 45.7. The minimum absolute atomic E-state index is 0. The van der Waals surface area contributed by atoms with Crippen LogP contribution in [0.5, 0.6) is 17.2 Å². The number of benzene rings is 5. The molecule has 2 aromatic heterocycles. The van der Waals surface area contributed by atoms with Crippen LogP contribution < -0.4 is 30.6 Å². The first-order chi connectivity index (χ1) is 39.1. The van der Waals surface area contributed by atoms with Gasteiger partial charge in [-0.25, -0.2) is 0 Å². The molecule has 0 spiro atoms. The van der Waals surface area contributed by atoms with E-state index in [2.05, 4.69) is 43.8 Å². The number of aromatic nitrogens is 2. The van der Waals surface area contributed by atoms with E-state index >= 15 is 0 Å². The van der Waals surface area contributed by atoms with E-state index in [1.54, 1.807) is 0 Å². The maximum absolute atomic E-state index is 13.1. The lowest BCUT2D eigenvalue weighted by atomic mass is 10.1. The maximum atomic E-state index is 13.1. The van der Waals surface area contributed by atoms with Gasteiger partial charge in [-0.15, -0.1) is 64.3 Å². The van der Waals surface area contributed by atoms with Crippen molar-refractivity contribution in [3.05, 3.63) is 168 Å². The summed E-state index contributed by atoms with van der Waals surface area (Å²) in [5, 5.41) is 5.41. The van der Waals surface area contributed by atoms with Crippen molar-refractivity contribution in [1.82, 2.24) is 18.9 Å². The Kier molecular flexibility index (Phi) is 25.2. The zero-order chi connectivity index (χ0) is 58.9. The minimum atomic E-state index is -4.80. The molecule has 2 fully saturated rings. The number of alkyl halides is 9. The van der Waals surface area contributed by atoms with E-state index in [0.29, 0.717) is 11.1 Å². The molecule has 25 heteroatoms.